The number of carbonyl (C=O) groups excluding carboxylic acids is 2. The highest BCUT2D eigenvalue weighted by Crippen LogP contribution is 2.45. The van der Waals surface area contributed by atoms with Crippen molar-refractivity contribution in [1.29, 1.82) is 0 Å². The number of ether oxygens (including phenoxy) is 2. The Hall–Kier alpha value is -3.66. The third kappa shape index (κ3) is 6.41. The van der Waals surface area contributed by atoms with Crippen LogP contribution in [0.3, 0.4) is 0 Å². The van der Waals surface area contributed by atoms with Crippen LogP contribution < -0.4 is 0 Å². The van der Waals surface area contributed by atoms with Crippen LogP contribution in [-0.4, -0.2) is 60.5 Å². The highest BCUT2D eigenvalue weighted by Gasteiger charge is 2.31. The summed E-state index contributed by atoms with van der Waals surface area (Å²) in [6.45, 7) is 21.2. The van der Waals surface area contributed by atoms with Crippen LogP contribution in [0.1, 0.15) is 95.7 Å². The fraction of sp³-hybridized carbons (Fsp3) is 0.529. The molecule has 10 heteroatoms. The highest BCUT2D eigenvalue weighted by atomic mass is 32.1. The number of aryl methyl sites for hydroxylation is 2. The van der Waals surface area contributed by atoms with Crippen molar-refractivity contribution in [3.8, 4) is 11.3 Å². The van der Waals surface area contributed by atoms with Crippen LogP contribution in [0.4, 0.5) is 9.59 Å². The van der Waals surface area contributed by atoms with E-state index in [0.717, 1.165) is 61.5 Å². The van der Waals surface area contributed by atoms with E-state index >= 15 is 0 Å². The second-order valence-corrected chi connectivity index (χ2v) is 15.1. The third-order valence-electron chi connectivity index (χ3n) is 7.81. The van der Waals surface area contributed by atoms with Crippen LogP contribution in [0.15, 0.2) is 24.7 Å². The minimum atomic E-state index is -0.655. The van der Waals surface area contributed by atoms with Gasteiger partial charge in [-0.05, 0) is 109 Å². The number of nitrogens with zero attached hydrogens (tertiary/aromatic N) is 5. The first-order chi connectivity index (χ1) is 20.5. The molecule has 1 fully saturated rings. The summed E-state index contributed by atoms with van der Waals surface area (Å²) in [5, 5.41) is 5.49. The van der Waals surface area contributed by atoms with Gasteiger partial charge in [-0.15, -0.1) is 11.3 Å². The normalized spacial score (nSPS) is 15.3. The summed E-state index contributed by atoms with van der Waals surface area (Å²) in [4.78, 5) is 34.7. The molecule has 9 nitrogen and oxygen atoms in total. The lowest BCUT2D eigenvalue weighted by atomic mass is 9.94. The topological polar surface area (TPSA) is 91.0 Å². The predicted molar refractivity (Wildman–Crippen MR) is 177 cm³/mol. The molecule has 5 heterocycles. The van der Waals surface area contributed by atoms with Crippen molar-refractivity contribution in [1.82, 2.24) is 24.1 Å². The van der Waals surface area contributed by atoms with Gasteiger partial charge in [-0.1, -0.05) is 19.9 Å². The molecule has 0 bridgehead atoms. The van der Waals surface area contributed by atoms with Crippen LogP contribution in [0.25, 0.3) is 33.2 Å². The number of pyridine rings is 1. The van der Waals surface area contributed by atoms with E-state index in [1.807, 2.05) is 54.7 Å². The zero-order valence-electron chi connectivity index (χ0n) is 27.6. The van der Waals surface area contributed by atoms with Gasteiger partial charge < -0.3 is 14.4 Å². The Kier molecular flexibility index (Phi) is 8.44. The molecule has 0 aromatic carbocycles. The van der Waals surface area contributed by atoms with Crippen LogP contribution >= 0.6 is 11.3 Å². The molecule has 1 amide bonds. The Labute approximate surface area is 263 Å². The second-order valence-electron chi connectivity index (χ2n) is 14.1. The van der Waals surface area contributed by atoms with Crippen LogP contribution in [-0.2, 0) is 9.47 Å². The van der Waals surface area contributed by atoms with Crippen LogP contribution in [0.2, 0.25) is 0 Å². The monoisotopic (exact) mass is 619 g/mol. The zero-order chi connectivity index (χ0) is 32.1. The second kappa shape index (κ2) is 11.7. The molecule has 1 aliphatic rings. The van der Waals surface area contributed by atoms with Crippen molar-refractivity contribution in [2.24, 2.45) is 5.92 Å². The largest absolute Gasteiger partial charge is 0.444 e. The molecule has 0 aliphatic carbocycles. The molecule has 44 heavy (non-hydrogen) atoms. The van der Waals surface area contributed by atoms with Gasteiger partial charge in [0.25, 0.3) is 0 Å². The molecule has 0 spiro atoms. The Bertz CT molecular complexity index is 1740. The smallest absolute Gasteiger partial charge is 0.420 e. The number of rotatable bonds is 4. The van der Waals surface area contributed by atoms with Gasteiger partial charge in [0, 0.05) is 35.1 Å². The maximum absolute atomic E-state index is 14.0. The molecule has 1 aliphatic heterocycles. The van der Waals surface area contributed by atoms with Crippen molar-refractivity contribution in [2.75, 3.05) is 13.1 Å². The lowest BCUT2D eigenvalue weighted by molar-refractivity contribution is 0.0197. The number of likely N-dealkylation sites (tertiary alicyclic amines) is 1. The molecule has 0 N–H and O–H groups in total. The number of hydrogen-bond acceptors (Lipinski definition) is 7. The van der Waals surface area contributed by atoms with E-state index in [4.69, 9.17) is 9.47 Å². The highest BCUT2D eigenvalue weighted by molar-refractivity contribution is 7.20. The molecular weight excluding hydrogens is 574 g/mol. The van der Waals surface area contributed by atoms with Crippen molar-refractivity contribution in [3.63, 3.8) is 0 Å². The fourth-order valence-electron chi connectivity index (χ4n) is 5.87. The van der Waals surface area contributed by atoms with Gasteiger partial charge in [-0.3, -0.25) is 0 Å². The van der Waals surface area contributed by atoms with Crippen LogP contribution in [0, 0.1) is 19.8 Å². The average molecular weight is 620 g/mol. The lowest BCUT2D eigenvalue weighted by Gasteiger charge is -2.32. The Morgan fingerprint density at radius 1 is 1.02 bits per heavy atom. The number of fused-ring (bicyclic) bond motifs is 2. The fourth-order valence-corrected chi connectivity index (χ4v) is 7.10. The van der Waals surface area contributed by atoms with E-state index in [0.29, 0.717) is 19.0 Å². The average Bonchev–Trinajstić information content (AvgIpc) is 3.59. The van der Waals surface area contributed by atoms with E-state index in [1.165, 1.54) is 0 Å². The SMILES string of the molecule is Cc1c(/C=C\C2CCN(C(=O)OC(C)(C)C)CC2)sc2c1c(C(C)C)c(-c1cc(C)c3ncnn3c1)n2C(=O)OC(C)(C)C. The molecule has 0 unspecified atom stereocenters. The first-order valence-electron chi connectivity index (χ1n) is 15.4. The number of piperidine rings is 1. The third-order valence-corrected chi connectivity index (χ3v) is 9.06. The summed E-state index contributed by atoms with van der Waals surface area (Å²) in [6.07, 6.45) is 9.08. The van der Waals surface area contributed by atoms with Gasteiger partial charge in [0.2, 0.25) is 0 Å². The van der Waals surface area contributed by atoms with Crippen molar-refractivity contribution >= 4 is 45.5 Å². The van der Waals surface area contributed by atoms with Gasteiger partial charge >= 0.3 is 12.2 Å². The summed E-state index contributed by atoms with van der Waals surface area (Å²) in [5.41, 5.74) is 4.62. The molecule has 0 atom stereocenters. The van der Waals surface area contributed by atoms with E-state index < -0.39 is 17.3 Å². The maximum Gasteiger partial charge on any atom is 0.420 e. The summed E-state index contributed by atoms with van der Waals surface area (Å²) in [7, 11) is 0. The Balaban J connectivity index is 1.54. The minimum Gasteiger partial charge on any atom is -0.444 e. The van der Waals surface area contributed by atoms with Gasteiger partial charge in [0.15, 0.2) is 5.65 Å². The molecule has 4 aromatic heterocycles. The molecule has 0 radical (unpaired) electrons. The molecule has 1 saturated heterocycles. The summed E-state index contributed by atoms with van der Waals surface area (Å²) >= 11 is 1.62. The van der Waals surface area contributed by atoms with Crippen molar-refractivity contribution in [2.45, 2.75) is 99.2 Å². The molecule has 0 saturated carbocycles. The van der Waals surface area contributed by atoms with E-state index in [-0.39, 0.29) is 12.0 Å². The Morgan fingerprint density at radius 3 is 2.27 bits per heavy atom. The molecule has 4 aromatic rings. The van der Waals surface area contributed by atoms with Crippen molar-refractivity contribution in [3.05, 3.63) is 46.2 Å². The van der Waals surface area contributed by atoms with Crippen molar-refractivity contribution < 1.29 is 19.1 Å². The zero-order valence-corrected chi connectivity index (χ0v) is 28.5. The molecular formula is C34H45N5O4S. The Morgan fingerprint density at radius 2 is 1.66 bits per heavy atom. The summed E-state index contributed by atoms with van der Waals surface area (Å²) in [6, 6.07) is 2.08. The quantitative estimate of drug-likeness (QED) is 0.227. The minimum absolute atomic E-state index is 0.144. The van der Waals surface area contributed by atoms with E-state index in [1.54, 1.807) is 31.6 Å². The number of aromatic nitrogens is 4. The maximum atomic E-state index is 14.0. The summed E-state index contributed by atoms with van der Waals surface area (Å²) < 4.78 is 15.1. The number of thiophene rings is 1. The number of allylic oxidation sites excluding steroid dienone is 1. The lowest BCUT2D eigenvalue weighted by Crippen LogP contribution is -2.41. The van der Waals surface area contributed by atoms with Crippen LogP contribution in [0.5, 0.6) is 0 Å². The number of amides is 1. The van der Waals surface area contributed by atoms with Gasteiger partial charge in [-0.25, -0.2) is 23.7 Å². The van der Waals surface area contributed by atoms with E-state index in [2.05, 4.69) is 49.1 Å². The molecule has 236 valence electrons. The summed E-state index contributed by atoms with van der Waals surface area (Å²) in [5.74, 6) is 0.505. The number of carbonyl (C=O) groups is 2. The predicted octanol–water partition coefficient (Wildman–Crippen LogP) is 8.60. The van der Waals surface area contributed by atoms with E-state index in [9.17, 15) is 9.59 Å². The first kappa shape index (κ1) is 31.8. The van der Waals surface area contributed by atoms with Gasteiger partial charge in [0.1, 0.15) is 22.4 Å². The number of hydrogen-bond donors (Lipinski definition) is 0. The van der Waals surface area contributed by atoms with Gasteiger partial charge in [0.05, 0.1) is 5.69 Å². The van der Waals surface area contributed by atoms with Gasteiger partial charge in [-0.2, -0.15) is 5.10 Å². The molecule has 5 rings (SSSR count). The first-order valence-corrected chi connectivity index (χ1v) is 16.2. The standard InChI is InChI=1S/C34H45N5O4S/c1-20(2)26-27-22(4)25(12-11-23-13-15-37(16-14-23)31(40)42-33(5,6)7)44-30(27)39(32(41)43-34(8,9)10)28(26)24-17-21(3)29-35-19-36-38(29)18-24/h11-12,17-20,23H,13-16H2,1-10H3/b12-11-.